The Morgan fingerprint density at radius 1 is 1.11 bits per heavy atom. The Balaban J connectivity index is 1.32. The summed E-state index contributed by atoms with van der Waals surface area (Å²) in [6, 6.07) is 0.365. The van der Waals surface area contributed by atoms with Crippen molar-refractivity contribution in [2.24, 2.45) is 0 Å². The van der Waals surface area contributed by atoms with E-state index in [1.165, 1.54) is 6.42 Å². The lowest BCUT2D eigenvalue weighted by Crippen LogP contribution is -2.41. The first kappa shape index (κ1) is 23.7. The van der Waals surface area contributed by atoms with Crippen molar-refractivity contribution in [1.82, 2.24) is 25.3 Å². The first-order chi connectivity index (χ1) is 18.0. The summed E-state index contributed by atoms with van der Waals surface area (Å²) in [6.45, 7) is 5.20. The van der Waals surface area contributed by atoms with Gasteiger partial charge in [-0.2, -0.15) is 4.98 Å². The molecular weight excluding hydrogens is 470 g/mol. The van der Waals surface area contributed by atoms with E-state index in [1.54, 1.807) is 0 Å². The zero-order chi connectivity index (χ0) is 25.2. The van der Waals surface area contributed by atoms with Crippen molar-refractivity contribution in [2.75, 3.05) is 26.8 Å². The zero-order valence-electron chi connectivity index (χ0n) is 22.0. The predicted octanol–water partition coefficient (Wildman–Crippen LogP) is 3.43. The van der Waals surface area contributed by atoms with Crippen LogP contribution >= 0.6 is 0 Å². The Kier molecular flexibility index (Phi) is 5.68. The summed E-state index contributed by atoms with van der Waals surface area (Å²) in [5, 5.41) is 8.20. The van der Waals surface area contributed by atoms with Crippen LogP contribution in [0.4, 0.5) is 0 Å². The van der Waals surface area contributed by atoms with Crippen LogP contribution in [0.2, 0.25) is 0 Å². The molecule has 2 spiro atoms. The second-order valence-electron chi connectivity index (χ2n) is 11.8. The largest absolute Gasteiger partial charge is 0.473 e. The number of rotatable bonds is 4. The number of ketones is 1. The van der Waals surface area contributed by atoms with Crippen LogP contribution in [-0.4, -0.2) is 64.8 Å². The number of aromatic nitrogens is 3. The number of nitrogens with zero attached hydrogens (tertiary/aromatic N) is 4. The number of nitrogens with one attached hydrogen (secondary N) is 1. The van der Waals surface area contributed by atoms with Crippen LogP contribution in [-0.2, 0) is 33.5 Å². The molecule has 0 bridgehead atoms. The van der Waals surface area contributed by atoms with Gasteiger partial charge in [0.15, 0.2) is 17.3 Å². The van der Waals surface area contributed by atoms with E-state index in [0.717, 1.165) is 80.5 Å². The summed E-state index contributed by atoms with van der Waals surface area (Å²) in [4.78, 5) is 25.7. The smallest absolute Gasteiger partial charge is 0.222 e. The molecule has 4 atom stereocenters. The first-order valence-electron chi connectivity index (χ1n) is 14.1. The van der Waals surface area contributed by atoms with Crippen LogP contribution in [0.1, 0.15) is 87.3 Å². The van der Waals surface area contributed by atoms with Gasteiger partial charge < -0.3 is 14.0 Å². The summed E-state index contributed by atoms with van der Waals surface area (Å²) in [6.07, 6.45) is 9.32. The number of likely N-dealkylation sites (tertiary alicyclic amines) is 1. The van der Waals surface area contributed by atoms with Gasteiger partial charge in [0.25, 0.3) is 0 Å². The molecule has 1 unspecified atom stereocenters. The van der Waals surface area contributed by atoms with Gasteiger partial charge >= 0.3 is 0 Å². The molecule has 0 amide bonds. The third-order valence-corrected chi connectivity index (χ3v) is 9.72. The van der Waals surface area contributed by atoms with Crippen LogP contribution in [0, 0.1) is 0 Å². The van der Waals surface area contributed by atoms with Gasteiger partial charge in [-0.15, -0.1) is 0 Å². The Morgan fingerprint density at radius 2 is 2.00 bits per heavy atom. The maximum Gasteiger partial charge on any atom is 0.222 e. The number of hydrogen-bond acceptors (Lipinski definition) is 9. The highest BCUT2D eigenvalue weighted by Gasteiger charge is 2.50. The van der Waals surface area contributed by atoms with Crippen molar-refractivity contribution >= 4 is 5.78 Å². The van der Waals surface area contributed by atoms with E-state index in [4.69, 9.17) is 24.0 Å². The highest BCUT2D eigenvalue weighted by molar-refractivity contribution is 5.91. The SMILES string of the molecule is C[C@H](Oc1nc(-c2noc3c2CCC[C@@]32CCCCC2=O)nc2c1CNC21CCOC1)[C@@H]1CCCN1C. The Hall–Kier alpha value is -2.36. The molecule has 1 N–H and O–H groups in total. The molecule has 3 fully saturated rings. The molecule has 3 aliphatic heterocycles. The van der Waals surface area contributed by atoms with Crippen molar-refractivity contribution in [3.63, 3.8) is 0 Å². The van der Waals surface area contributed by atoms with Crippen LogP contribution in [0.3, 0.4) is 0 Å². The number of fused-ring (bicyclic) bond motifs is 4. The van der Waals surface area contributed by atoms with Gasteiger partial charge in [-0.25, -0.2) is 4.98 Å². The van der Waals surface area contributed by atoms with Crippen molar-refractivity contribution in [3.05, 3.63) is 22.6 Å². The number of Topliss-reactive ketones (excluding diaryl/α,β-unsaturated/α-hetero) is 1. The average Bonchev–Trinajstić information content (AvgIpc) is 3.70. The summed E-state index contributed by atoms with van der Waals surface area (Å²) < 4.78 is 18.5. The van der Waals surface area contributed by atoms with Gasteiger partial charge in [0.05, 0.1) is 28.8 Å². The fraction of sp³-hybridized carbons (Fsp3) is 0.714. The second-order valence-corrected chi connectivity index (χ2v) is 11.8. The minimum Gasteiger partial charge on any atom is -0.473 e. The van der Waals surface area contributed by atoms with Crippen LogP contribution in [0.15, 0.2) is 4.52 Å². The number of carbonyl (C=O) groups excluding carboxylic acids is 1. The van der Waals surface area contributed by atoms with Gasteiger partial charge in [0.2, 0.25) is 5.88 Å². The molecular formula is C28H37N5O4. The monoisotopic (exact) mass is 507 g/mol. The summed E-state index contributed by atoms with van der Waals surface area (Å²) >= 11 is 0. The second kappa shape index (κ2) is 8.85. The molecule has 2 aliphatic carbocycles. The molecule has 1 saturated carbocycles. The minimum absolute atomic E-state index is 0.00471. The van der Waals surface area contributed by atoms with Crippen LogP contribution in [0.25, 0.3) is 11.5 Å². The molecule has 198 valence electrons. The number of ether oxygens (including phenoxy) is 2. The standard InChI is InChI=1S/C28H37N5O4/c1-17(20-8-6-13-33(20)2)36-26-19-15-29-28(12-14-35-16-28)23(19)30-25(31-26)22-18-7-5-11-27(24(18)37-32-22)10-4-3-9-21(27)34/h17,20,29H,3-16H2,1-2H3/t17-,20-,27+,28?/m0/s1. The highest BCUT2D eigenvalue weighted by Crippen LogP contribution is 2.48. The molecule has 2 aromatic heterocycles. The maximum absolute atomic E-state index is 13.2. The van der Waals surface area contributed by atoms with E-state index in [0.29, 0.717) is 55.4 Å². The van der Waals surface area contributed by atoms with Gasteiger partial charge in [-0.3, -0.25) is 15.0 Å². The molecule has 9 nitrogen and oxygen atoms in total. The van der Waals surface area contributed by atoms with Crippen molar-refractivity contribution in [3.8, 4) is 17.4 Å². The Morgan fingerprint density at radius 3 is 2.78 bits per heavy atom. The molecule has 2 aromatic rings. The molecule has 9 heteroatoms. The Bertz CT molecular complexity index is 1220. The normalized spacial score (nSPS) is 32.3. The van der Waals surface area contributed by atoms with Gasteiger partial charge in [-0.05, 0) is 71.9 Å². The first-order valence-corrected chi connectivity index (χ1v) is 14.1. The quantitative estimate of drug-likeness (QED) is 0.667. The third-order valence-electron chi connectivity index (χ3n) is 9.72. The predicted molar refractivity (Wildman–Crippen MR) is 135 cm³/mol. The van der Waals surface area contributed by atoms with E-state index in [9.17, 15) is 4.79 Å². The molecule has 2 saturated heterocycles. The molecule has 5 heterocycles. The molecule has 7 rings (SSSR count). The Labute approximate surface area is 217 Å². The fourth-order valence-electron chi connectivity index (χ4n) is 7.61. The minimum atomic E-state index is -0.517. The van der Waals surface area contributed by atoms with E-state index in [1.807, 2.05) is 0 Å². The van der Waals surface area contributed by atoms with Crippen LogP contribution in [0.5, 0.6) is 5.88 Å². The lowest BCUT2D eigenvalue weighted by molar-refractivity contribution is -0.128. The third kappa shape index (κ3) is 3.61. The fourth-order valence-corrected chi connectivity index (χ4v) is 7.61. The van der Waals surface area contributed by atoms with Gasteiger partial charge in [0.1, 0.15) is 11.9 Å². The molecule has 37 heavy (non-hydrogen) atoms. The van der Waals surface area contributed by atoms with E-state index < -0.39 is 5.41 Å². The molecule has 0 aromatic carbocycles. The lowest BCUT2D eigenvalue weighted by Gasteiger charge is -2.36. The van der Waals surface area contributed by atoms with E-state index in [-0.39, 0.29) is 11.6 Å². The zero-order valence-corrected chi connectivity index (χ0v) is 22.0. The highest BCUT2D eigenvalue weighted by atomic mass is 16.5. The van der Waals surface area contributed by atoms with Crippen molar-refractivity contribution in [2.45, 2.75) is 101 Å². The van der Waals surface area contributed by atoms with E-state index >= 15 is 0 Å². The molecule has 0 radical (unpaired) electrons. The topological polar surface area (TPSA) is 103 Å². The molecule has 5 aliphatic rings. The summed E-state index contributed by atoms with van der Waals surface area (Å²) in [5.41, 5.74) is 2.84. The van der Waals surface area contributed by atoms with Crippen molar-refractivity contribution < 1.29 is 18.8 Å². The summed E-state index contributed by atoms with van der Waals surface area (Å²) in [7, 11) is 2.17. The van der Waals surface area contributed by atoms with Gasteiger partial charge in [0, 0.05) is 31.2 Å². The van der Waals surface area contributed by atoms with Crippen molar-refractivity contribution in [1.29, 1.82) is 0 Å². The number of carbonyl (C=O) groups is 1. The van der Waals surface area contributed by atoms with Gasteiger partial charge in [-0.1, -0.05) is 11.6 Å². The lowest BCUT2D eigenvalue weighted by atomic mass is 9.64. The maximum atomic E-state index is 13.2. The average molecular weight is 508 g/mol. The number of likely N-dealkylation sites (N-methyl/N-ethyl adjacent to an activating group) is 1. The van der Waals surface area contributed by atoms with E-state index in [2.05, 4.69) is 29.3 Å². The summed E-state index contributed by atoms with van der Waals surface area (Å²) in [5.74, 6) is 2.26. The number of hydrogen-bond donors (Lipinski definition) is 1. The van der Waals surface area contributed by atoms with Crippen LogP contribution < -0.4 is 10.1 Å².